The second-order valence-electron chi connectivity index (χ2n) is 7.31. The third-order valence-corrected chi connectivity index (χ3v) is 4.84. The molecule has 1 N–H and O–H groups in total. The van der Waals surface area contributed by atoms with Crippen LogP contribution in [0.1, 0.15) is 35.6 Å². The number of ether oxygens (including phenoxy) is 2. The van der Waals surface area contributed by atoms with Crippen LogP contribution in [0, 0.1) is 25.5 Å². The maximum absolute atomic E-state index is 14.1. The van der Waals surface area contributed by atoms with Crippen LogP contribution in [-0.2, 0) is 11.2 Å². The summed E-state index contributed by atoms with van der Waals surface area (Å²) < 4.78 is 40.3. The molecule has 1 saturated heterocycles. The van der Waals surface area contributed by atoms with Crippen molar-refractivity contribution >= 4 is 0 Å². The van der Waals surface area contributed by atoms with E-state index in [0.29, 0.717) is 12.4 Å². The molecule has 0 saturated carbocycles. The Bertz CT molecular complexity index is 768. The number of nitrogens with one attached hydrogen (secondary N) is 1. The quantitative estimate of drug-likeness (QED) is 0.816. The lowest BCUT2D eigenvalue weighted by atomic mass is 9.98. The molecule has 1 aliphatic rings. The molecule has 3 nitrogen and oxygen atoms in total. The van der Waals surface area contributed by atoms with Gasteiger partial charge < -0.3 is 14.8 Å². The monoisotopic (exact) mass is 375 g/mol. The minimum absolute atomic E-state index is 0.0690. The van der Waals surface area contributed by atoms with Crippen molar-refractivity contribution in [1.29, 1.82) is 0 Å². The Morgan fingerprint density at radius 3 is 2.63 bits per heavy atom. The van der Waals surface area contributed by atoms with Gasteiger partial charge in [-0.1, -0.05) is 23.8 Å². The third-order valence-electron chi connectivity index (χ3n) is 4.84. The molecule has 27 heavy (non-hydrogen) atoms. The van der Waals surface area contributed by atoms with E-state index in [1.807, 2.05) is 32.9 Å². The fourth-order valence-corrected chi connectivity index (χ4v) is 3.62. The Morgan fingerprint density at radius 2 is 1.96 bits per heavy atom. The van der Waals surface area contributed by atoms with E-state index >= 15 is 0 Å². The van der Waals surface area contributed by atoms with Crippen molar-refractivity contribution in [1.82, 2.24) is 5.32 Å². The number of rotatable bonds is 6. The summed E-state index contributed by atoms with van der Waals surface area (Å²) in [6.07, 6.45) is 0.964. The van der Waals surface area contributed by atoms with Crippen LogP contribution in [0.2, 0.25) is 0 Å². The van der Waals surface area contributed by atoms with Crippen LogP contribution in [0.25, 0.3) is 0 Å². The predicted molar refractivity (Wildman–Crippen MR) is 102 cm³/mol. The van der Waals surface area contributed by atoms with Gasteiger partial charge in [-0.3, -0.25) is 0 Å². The van der Waals surface area contributed by atoms with E-state index in [1.165, 1.54) is 18.2 Å². The Kier molecular flexibility index (Phi) is 6.45. The summed E-state index contributed by atoms with van der Waals surface area (Å²) in [6, 6.07) is 7.93. The summed E-state index contributed by atoms with van der Waals surface area (Å²) >= 11 is 0. The second kappa shape index (κ2) is 8.81. The summed E-state index contributed by atoms with van der Waals surface area (Å²) in [5, 5.41) is 3.32. The molecule has 2 atom stereocenters. The molecule has 1 fully saturated rings. The van der Waals surface area contributed by atoms with Crippen molar-refractivity contribution in [3.63, 3.8) is 0 Å². The molecule has 1 aliphatic heterocycles. The van der Waals surface area contributed by atoms with Gasteiger partial charge in [0.15, 0.2) is 0 Å². The van der Waals surface area contributed by atoms with Gasteiger partial charge in [0.1, 0.15) is 17.4 Å². The smallest absolute Gasteiger partial charge is 0.129 e. The normalized spacial score (nSPS) is 18.3. The van der Waals surface area contributed by atoms with E-state index in [1.54, 1.807) is 0 Å². The first-order valence-electron chi connectivity index (χ1n) is 9.46. The first-order valence-corrected chi connectivity index (χ1v) is 9.46. The van der Waals surface area contributed by atoms with E-state index < -0.39 is 11.6 Å². The number of hydrogen-bond donors (Lipinski definition) is 1. The van der Waals surface area contributed by atoms with Crippen molar-refractivity contribution in [2.24, 2.45) is 0 Å². The van der Waals surface area contributed by atoms with Crippen LogP contribution in [0.3, 0.4) is 0 Å². The number of benzene rings is 2. The highest BCUT2D eigenvalue weighted by Gasteiger charge is 2.20. The van der Waals surface area contributed by atoms with Gasteiger partial charge in [-0.25, -0.2) is 8.78 Å². The summed E-state index contributed by atoms with van der Waals surface area (Å²) in [5.74, 6) is -0.357. The fraction of sp³-hybridized carbons (Fsp3) is 0.455. The molecule has 2 aromatic rings. The summed E-state index contributed by atoms with van der Waals surface area (Å²) in [4.78, 5) is 0. The zero-order valence-electron chi connectivity index (χ0n) is 16.1. The van der Waals surface area contributed by atoms with Gasteiger partial charge >= 0.3 is 0 Å². The van der Waals surface area contributed by atoms with E-state index in [0.717, 1.165) is 36.2 Å². The van der Waals surface area contributed by atoms with Crippen LogP contribution in [0.4, 0.5) is 8.78 Å². The van der Waals surface area contributed by atoms with Crippen LogP contribution in [0.15, 0.2) is 30.3 Å². The Balaban J connectivity index is 1.82. The lowest BCUT2D eigenvalue weighted by Crippen LogP contribution is -2.40. The van der Waals surface area contributed by atoms with E-state index in [2.05, 4.69) is 5.32 Å². The topological polar surface area (TPSA) is 30.5 Å². The highest BCUT2D eigenvalue weighted by molar-refractivity contribution is 5.46. The number of hydrogen-bond acceptors (Lipinski definition) is 3. The van der Waals surface area contributed by atoms with Crippen LogP contribution in [0.5, 0.6) is 5.75 Å². The molecule has 2 unspecified atom stereocenters. The standard InChI is InChI=1S/C22H27F2NO2/c1-14-9-15(2)22(27-16(3)11-18-13-25-7-8-26-18)17(10-14)12-19-20(23)5-4-6-21(19)24/h4-6,9-10,16,18,25H,7-8,11-13H2,1-3H3. The number of morpholine rings is 1. The largest absolute Gasteiger partial charge is 0.490 e. The molecular weight excluding hydrogens is 348 g/mol. The van der Waals surface area contributed by atoms with Crippen LogP contribution in [-0.4, -0.2) is 31.9 Å². The van der Waals surface area contributed by atoms with Gasteiger partial charge in [0.05, 0.1) is 18.8 Å². The molecule has 0 amide bonds. The Labute approximate surface area is 159 Å². The highest BCUT2D eigenvalue weighted by Crippen LogP contribution is 2.30. The van der Waals surface area contributed by atoms with Crippen molar-refractivity contribution in [3.8, 4) is 5.75 Å². The van der Waals surface area contributed by atoms with Gasteiger partial charge in [0.25, 0.3) is 0 Å². The molecule has 1 heterocycles. The van der Waals surface area contributed by atoms with Crippen molar-refractivity contribution < 1.29 is 18.3 Å². The van der Waals surface area contributed by atoms with Gasteiger partial charge in [0.2, 0.25) is 0 Å². The average molecular weight is 375 g/mol. The van der Waals surface area contributed by atoms with Crippen molar-refractivity contribution in [3.05, 3.63) is 64.2 Å². The maximum atomic E-state index is 14.1. The van der Waals surface area contributed by atoms with E-state index in [-0.39, 0.29) is 24.2 Å². The fourth-order valence-electron chi connectivity index (χ4n) is 3.62. The maximum Gasteiger partial charge on any atom is 0.129 e. The Morgan fingerprint density at radius 1 is 1.22 bits per heavy atom. The molecule has 146 valence electrons. The summed E-state index contributed by atoms with van der Waals surface area (Å²) in [7, 11) is 0. The molecule has 0 spiro atoms. The second-order valence-corrected chi connectivity index (χ2v) is 7.31. The first-order chi connectivity index (χ1) is 12.9. The molecule has 0 bridgehead atoms. The molecule has 0 aliphatic carbocycles. The average Bonchev–Trinajstić information content (AvgIpc) is 2.62. The minimum Gasteiger partial charge on any atom is -0.490 e. The highest BCUT2D eigenvalue weighted by atomic mass is 19.1. The molecular formula is C22H27F2NO2. The SMILES string of the molecule is Cc1cc(C)c(OC(C)CC2CNCCO2)c(Cc2c(F)cccc2F)c1. The first kappa shape index (κ1) is 19.8. The molecule has 0 aromatic heterocycles. The number of halogens is 2. The lowest BCUT2D eigenvalue weighted by molar-refractivity contribution is 0.00314. The molecule has 2 aromatic carbocycles. The van der Waals surface area contributed by atoms with Crippen LogP contribution < -0.4 is 10.1 Å². The molecule has 5 heteroatoms. The number of aryl methyl sites for hydroxylation is 2. The molecule has 0 radical (unpaired) electrons. The lowest BCUT2D eigenvalue weighted by Gasteiger charge is -2.27. The van der Waals surface area contributed by atoms with Gasteiger partial charge in [-0.05, 0) is 44.0 Å². The van der Waals surface area contributed by atoms with E-state index in [9.17, 15) is 8.78 Å². The third kappa shape index (κ3) is 5.05. The summed E-state index contributed by atoms with van der Waals surface area (Å²) in [6.45, 7) is 8.34. The van der Waals surface area contributed by atoms with Gasteiger partial charge in [-0.2, -0.15) is 0 Å². The predicted octanol–water partition coefficient (Wildman–Crippen LogP) is 4.32. The van der Waals surface area contributed by atoms with E-state index in [4.69, 9.17) is 9.47 Å². The summed E-state index contributed by atoms with van der Waals surface area (Å²) in [5.41, 5.74) is 2.88. The van der Waals surface area contributed by atoms with Gasteiger partial charge in [-0.15, -0.1) is 0 Å². The molecule has 3 rings (SSSR count). The van der Waals surface area contributed by atoms with Crippen LogP contribution >= 0.6 is 0 Å². The van der Waals surface area contributed by atoms with Crippen molar-refractivity contribution in [2.45, 2.75) is 45.8 Å². The zero-order valence-corrected chi connectivity index (χ0v) is 16.1. The van der Waals surface area contributed by atoms with Crippen molar-refractivity contribution in [2.75, 3.05) is 19.7 Å². The Hall–Kier alpha value is -1.98. The zero-order chi connectivity index (χ0) is 19.4. The minimum atomic E-state index is -0.533. The van der Waals surface area contributed by atoms with Gasteiger partial charge in [0, 0.05) is 31.5 Å².